The number of anilines is 1. The average molecular weight is 435 g/mol. The van der Waals surface area contributed by atoms with Gasteiger partial charge < -0.3 is 5.32 Å². The second-order valence-corrected chi connectivity index (χ2v) is 8.64. The number of hydrogen-bond acceptors (Lipinski definition) is 3. The number of carbonyl (C=O) groups excluding carboxylic acids is 1. The molecule has 0 aromatic heterocycles. The molecule has 28 heavy (non-hydrogen) atoms. The van der Waals surface area contributed by atoms with Crippen molar-refractivity contribution >= 4 is 33.2 Å². The lowest BCUT2D eigenvalue weighted by Crippen LogP contribution is -2.36. The van der Waals surface area contributed by atoms with Crippen molar-refractivity contribution in [1.29, 1.82) is 0 Å². The first-order chi connectivity index (χ1) is 12.8. The summed E-state index contributed by atoms with van der Waals surface area (Å²) in [6.45, 7) is 2.98. The third-order valence-electron chi connectivity index (χ3n) is 4.18. The van der Waals surface area contributed by atoms with Crippen molar-refractivity contribution in [3.05, 3.63) is 58.1 Å². The number of sulfonamides is 1. The Balaban J connectivity index is 2.27. The highest BCUT2D eigenvalue weighted by Gasteiger charge is 2.39. The molecule has 152 valence electrons. The average Bonchev–Trinajstić information content (AvgIpc) is 2.57. The van der Waals surface area contributed by atoms with Crippen molar-refractivity contribution in [3.63, 3.8) is 0 Å². The molecule has 2 aromatic carbocycles. The van der Waals surface area contributed by atoms with E-state index in [1.165, 1.54) is 0 Å². The molecule has 0 aliphatic carbocycles. The van der Waals surface area contributed by atoms with E-state index in [9.17, 15) is 26.4 Å². The molecule has 0 radical (unpaired) electrons. The maximum Gasteiger partial charge on any atom is 0.417 e. The zero-order chi connectivity index (χ0) is 21.3. The van der Waals surface area contributed by atoms with Gasteiger partial charge in [0.25, 0.3) is 0 Å². The highest BCUT2D eigenvalue weighted by atomic mass is 35.5. The van der Waals surface area contributed by atoms with E-state index in [1.807, 2.05) is 13.0 Å². The van der Waals surface area contributed by atoms with E-state index in [4.69, 9.17) is 11.6 Å². The first kappa shape index (κ1) is 22.2. The quantitative estimate of drug-likeness (QED) is 0.765. The predicted molar refractivity (Wildman–Crippen MR) is 101 cm³/mol. The topological polar surface area (TPSA) is 66.5 Å². The van der Waals surface area contributed by atoms with E-state index < -0.39 is 39.1 Å². The van der Waals surface area contributed by atoms with E-state index in [2.05, 4.69) is 5.32 Å². The summed E-state index contributed by atoms with van der Waals surface area (Å²) in [5.74, 6) is -0.678. The summed E-state index contributed by atoms with van der Waals surface area (Å²) in [6.07, 6.45) is -4.92. The molecule has 5 nitrogen and oxygen atoms in total. The number of nitrogens with zero attached hydrogens (tertiary/aromatic N) is 1. The van der Waals surface area contributed by atoms with Crippen molar-refractivity contribution < 1.29 is 26.4 Å². The number of hydrogen-bond donors (Lipinski definition) is 1. The molecule has 0 heterocycles. The zero-order valence-electron chi connectivity index (χ0n) is 15.3. The number of aryl methyl sites for hydroxylation is 1. The van der Waals surface area contributed by atoms with Gasteiger partial charge in [0.15, 0.2) is 0 Å². The minimum atomic E-state index is -4.92. The van der Waals surface area contributed by atoms with Gasteiger partial charge in [-0.25, -0.2) is 8.42 Å². The number of amides is 1. The predicted octanol–water partition coefficient (Wildman–Crippen LogP) is 4.23. The Morgan fingerprint density at radius 1 is 1.18 bits per heavy atom. The normalized spacial score (nSPS) is 12.3. The van der Waals surface area contributed by atoms with E-state index in [1.54, 1.807) is 19.1 Å². The third kappa shape index (κ3) is 4.84. The second kappa shape index (κ2) is 8.10. The van der Waals surface area contributed by atoms with Gasteiger partial charge in [-0.05, 0) is 49.2 Å². The van der Waals surface area contributed by atoms with Crippen LogP contribution in [0.15, 0.2) is 41.3 Å². The van der Waals surface area contributed by atoms with Crippen LogP contribution in [0.4, 0.5) is 18.9 Å². The van der Waals surface area contributed by atoms with E-state index in [0.29, 0.717) is 16.1 Å². The summed E-state index contributed by atoms with van der Waals surface area (Å²) in [5, 5.41) is 2.32. The fourth-order valence-electron chi connectivity index (χ4n) is 2.48. The standard InChI is InChI=1S/C18H18ClF3N2O3S/c1-11-5-4-6-15(12(11)2)23-17(25)10-24(3)28(26,27)16-8-7-13(19)9-14(16)18(20,21)22/h4-9H,10H2,1-3H3,(H,23,25). The number of likely N-dealkylation sites (N-methyl/N-ethyl adjacent to an activating group) is 1. The van der Waals surface area contributed by atoms with Crippen LogP contribution in [0.5, 0.6) is 0 Å². The number of benzene rings is 2. The number of carbonyl (C=O) groups is 1. The third-order valence-corrected chi connectivity index (χ3v) is 6.28. The van der Waals surface area contributed by atoms with Gasteiger partial charge >= 0.3 is 6.18 Å². The van der Waals surface area contributed by atoms with Gasteiger partial charge in [-0.3, -0.25) is 4.79 Å². The molecular formula is C18H18ClF3N2O3S. The van der Waals surface area contributed by atoms with Crippen molar-refractivity contribution in [2.75, 3.05) is 18.9 Å². The van der Waals surface area contributed by atoms with Gasteiger partial charge in [0.1, 0.15) is 0 Å². The summed E-state index contributed by atoms with van der Waals surface area (Å²) in [4.78, 5) is 11.3. The first-order valence-electron chi connectivity index (χ1n) is 8.03. The molecule has 0 atom stereocenters. The van der Waals surface area contributed by atoms with Crippen LogP contribution in [0.2, 0.25) is 5.02 Å². The SMILES string of the molecule is Cc1cccc(NC(=O)CN(C)S(=O)(=O)c2ccc(Cl)cc2C(F)(F)F)c1C. The maximum atomic E-state index is 13.2. The lowest BCUT2D eigenvalue weighted by atomic mass is 10.1. The number of nitrogens with one attached hydrogen (secondary N) is 1. The van der Waals surface area contributed by atoms with Crippen LogP contribution in [0.25, 0.3) is 0 Å². The summed E-state index contributed by atoms with van der Waals surface area (Å²) >= 11 is 5.58. The Bertz CT molecular complexity index is 1010. The molecular weight excluding hydrogens is 417 g/mol. The van der Waals surface area contributed by atoms with E-state index >= 15 is 0 Å². The van der Waals surface area contributed by atoms with Crippen molar-refractivity contribution in [1.82, 2.24) is 4.31 Å². The minimum absolute atomic E-state index is 0.249. The number of rotatable bonds is 5. The van der Waals surface area contributed by atoms with Crippen LogP contribution in [0.3, 0.4) is 0 Å². The van der Waals surface area contributed by atoms with Gasteiger partial charge in [0.2, 0.25) is 15.9 Å². The Labute approximate surface area is 166 Å². The Morgan fingerprint density at radius 2 is 1.82 bits per heavy atom. The molecule has 2 rings (SSSR count). The van der Waals surface area contributed by atoms with Crippen LogP contribution in [-0.4, -0.2) is 32.2 Å². The largest absolute Gasteiger partial charge is 0.417 e. The monoisotopic (exact) mass is 434 g/mol. The molecule has 2 aromatic rings. The van der Waals surface area contributed by atoms with Crippen LogP contribution in [-0.2, 0) is 21.0 Å². The smallest absolute Gasteiger partial charge is 0.325 e. The van der Waals surface area contributed by atoms with Crippen LogP contribution < -0.4 is 5.32 Å². The van der Waals surface area contributed by atoms with Crippen molar-refractivity contribution in [2.45, 2.75) is 24.9 Å². The Hall–Kier alpha value is -2.10. The maximum absolute atomic E-state index is 13.2. The minimum Gasteiger partial charge on any atom is -0.325 e. The van der Waals surface area contributed by atoms with Crippen molar-refractivity contribution in [2.24, 2.45) is 0 Å². The van der Waals surface area contributed by atoms with Crippen LogP contribution in [0, 0.1) is 13.8 Å². The highest BCUT2D eigenvalue weighted by molar-refractivity contribution is 7.89. The number of alkyl halides is 3. The molecule has 1 N–H and O–H groups in total. The molecule has 0 aliphatic rings. The highest BCUT2D eigenvalue weighted by Crippen LogP contribution is 2.36. The van der Waals surface area contributed by atoms with Crippen LogP contribution in [0.1, 0.15) is 16.7 Å². The lowest BCUT2D eigenvalue weighted by molar-refractivity contribution is -0.139. The Kier molecular flexibility index (Phi) is 6.42. The fraction of sp³-hybridized carbons (Fsp3) is 0.278. The van der Waals surface area contributed by atoms with Gasteiger partial charge in [-0.15, -0.1) is 0 Å². The molecule has 0 fully saturated rings. The van der Waals surface area contributed by atoms with Crippen molar-refractivity contribution in [3.8, 4) is 0 Å². The van der Waals surface area contributed by atoms with Crippen LogP contribution >= 0.6 is 11.6 Å². The van der Waals surface area contributed by atoms with Gasteiger partial charge in [0, 0.05) is 17.8 Å². The summed E-state index contributed by atoms with van der Waals surface area (Å²) in [6, 6.07) is 7.59. The molecule has 0 saturated heterocycles. The molecule has 0 bridgehead atoms. The van der Waals surface area contributed by atoms with Gasteiger partial charge in [0.05, 0.1) is 17.0 Å². The lowest BCUT2D eigenvalue weighted by Gasteiger charge is -2.20. The summed E-state index contributed by atoms with van der Waals surface area (Å²) in [7, 11) is -3.55. The second-order valence-electron chi connectivity index (χ2n) is 6.19. The molecule has 0 spiro atoms. The van der Waals surface area contributed by atoms with E-state index in [0.717, 1.165) is 30.3 Å². The molecule has 10 heteroatoms. The zero-order valence-corrected chi connectivity index (χ0v) is 16.8. The molecule has 0 aliphatic heterocycles. The number of halogens is 4. The summed E-state index contributed by atoms with van der Waals surface area (Å²) in [5.41, 5.74) is 0.841. The molecule has 0 saturated carbocycles. The Morgan fingerprint density at radius 3 is 2.43 bits per heavy atom. The summed E-state index contributed by atoms with van der Waals surface area (Å²) < 4.78 is 65.5. The molecule has 1 amide bonds. The van der Waals surface area contributed by atoms with E-state index in [-0.39, 0.29) is 5.02 Å². The molecule has 0 unspecified atom stereocenters. The fourth-order valence-corrected chi connectivity index (χ4v) is 3.97. The van der Waals surface area contributed by atoms with Gasteiger partial charge in [-0.2, -0.15) is 17.5 Å². The first-order valence-corrected chi connectivity index (χ1v) is 9.85. The van der Waals surface area contributed by atoms with Gasteiger partial charge in [-0.1, -0.05) is 23.7 Å².